The molecule has 0 saturated carbocycles. The molecule has 4 heterocycles. The number of thiophene rings is 1. The standard InChI is InChI=1S/C33H30NOS.C11H8N.Ir/c1-19-9-7-10-20(2)29(19)27-18-34-28(16-23(27)17-33(4,5)6)26-12-8-11-24-25-14-13-22-15-21(3)36-32(22)31(25)35-30(24)26;1-2-6-10(7-3-1)11-8-4-5-9-12-11;/h7-11,13-16,18H,17H2,1-6H3;1-6,8-9H;/q2*-1;. The molecule has 0 N–H and O–H groups in total. The summed E-state index contributed by atoms with van der Waals surface area (Å²) in [5.74, 6) is 0. The van der Waals surface area contributed by atoms with Crippen molar-refractivity contribution >= 4 is 43.4 Å². The summed E-state index contributed by atoms with van der Waals surface area (Å²) < 4.78 is 7.80. The van der Waals surface area contributed by atoms with E-state index in [0.717, 1.165) is 50.9 Å². The summed E-state index contributed by atoms with van der Waals surface area (Å²) in [5.41, 5.74) is 12.2. The van der Waals surface area contributed by atoms with Gasteiger partial charge < -0.3 is 14.4 Å². The number of pyridine rings is 2. The molecule has 247 valence electrons. The number of rotatable bonds is 4. The molecule has 49 heavy (non-hydrogen) atoms. The monoisotopic (exact) mass is 835 g/mol. The predicted octanol–water partition coefficient (Wildman–Crippen LogP) is 12.4. The number of aromatic nitrogens is 2. The van der Waals surface area contributed by atoms with Crippen LogP contribution in [0.3, 0.4) is 0 Å². The van der Waals surface area contributed by atoms with E-state index in [0.29, 0.717) is 0 Å². The summed E-state index contributed by atoms with van der Waals surface area (Å²) in [5, 5.41) is 3.50. The van der Waals surface area contributed by atoms with Crippen LogP contribution in [0.4, 0.5) is 0 Å². The smallest absolute Gasteiger partial charge is 0.138 e. The van der Waals surface area contributed by atoms with Gasteiger partial charge in [0.05, 0.1) is 10.3 Å². The van der Waals surface area contributed by atoms with Gasteiger partial charge in [0.15, 0.2) is 0 Å². The first kappa shape index (κ1) is 34.5. The van der Waals surface area contributed by atoms with Crippen molar-refractivity contribution in [3.63, 3.8) is 0 Å². The molecule has 0 aliphatic heterocycles. The van der Waals surface area contributed by atoms with E-state index in [1.807, 2.05) is 48.5 Å². The van der Waals surface area contributed by atoms with Crippen molar-refractivity contribution in [2.24, 2.45) is 5.41 Å². The van der Waals surface area contributed by atoms with Gasteiger partial charge in [-0.3, -0.25) is 0 Å². The quantitative estimate of drug-likeness (QED) is 0.166. The molecule has 1 radical (unpaired) electrons. The number of nitrogens with zero attached hydrogens (tertiary/aromatic N) is 2. The molecule has 0 atom stereocenters. The third-order valence-corrected chi connectivity index (χ3v) is 9.64. The van der Waals surface area contributed by atoms with E-state index in [2.05, 4.69) is 113 Å². The van der Waals surface area contributed by atoms with Gasteiger partial charge in [-0.25, -0.2) is 0 Å². The Morgan fingerprint density at radius 2 is 1.51 bits per heavy atom. The molecule has 4 aromatic heterocycles. The number of fused-ring (bicyclic) bond motifs is 5. The second-order valence-corrected chi connectivity index (χ2v) is 14.9. The van der Waals surface area contributed by atoms with Crippen molar-refractivity contribution in [1.29, 1.82) is 0 Å². The minimum atomic E-state index is 0. The summed E-state index contributed by atoms with van der Waals surface area (Å²) in [6, 6.07) is 39.8. The van der Waals surface area contributed by atoms with Gasteiger partial charge in [-0.05, 0) is 83.8 Å². The molecule has 3 nitrogen and oxygen atoms in total. The first-order valence-electron chi connectivity index (χ1n) is 16.4. The van der Waals surface area contributed by atoms with Crippen LogP contribution in [0.2, 0.25) is 0 Å². The van der Waals surface area contributed by atoms with Crippen LogP contribution >= 0.6 is 11.3 Å². The largest absolute Gasteiger partial charge is 0.499 e. The van der Waals surface area contributed by atoms with E-state index in [4.69, 9.17) is 9.40 Å². The summed E-state index contributed by atoms with van der Waals surface area (Å²) >= 11 is 1.79. The third kappa shape index (κ3) is 7.16. The second kappa shape index (κ2) is 14.2. The molecule has 5 heteroatoms. The summed E-state index contributed by atoms with van der Waals surface area (Å²) in [7, 11) is 0. The molecule has 0 amide bonds. The molecule has 4 aromatic carbocycles. The Balaban J connectivity index is 0.000000270. The predicted molar refractivity (Wildman–Crippen MR) is 202 cm³/mol. The van der Waals surface area contributed by atoms with Crippen molar-refractivity contribution in [3.8, 4) is 33.6 Å². The van der Waals surface area contributed by atoms with Gasteiger partial charge in [0.1, 0.15) is 5.58 Å². The Morgan fingerprint density at radius 1 is 0.735 bits per heavy atom. The van der Waals surface area contributed by atoms with Crippen LogP contribution in [0, 0.1) is 38.3 Å². The fourth-order valence-corrected chi connectivity index (χ4v) is 7.50. The Morgan fingerprint density at radius 3 is 2.22 bits per heavy atom. The van der Waals surface area contributed by atoms with Crippen LogP contribution in [0.1, 0.15) is 42.3 Å². The molecule has 0 aliphatic rings. The van der Waals surface area contributed by atoms with E-state index < -0.39 is 0 Å². The van der Waals surface area contributed by atoms with Crippen LogP contribution in [-0.4, -0.2) is 9.97 Å². The molecule has 0 saturated heterocycles. The first-order chi connectivity index (χ1) is 23.2. The normalized spacial score (nSPS) is 11.4. The maximum Gasteiger partial charge on any atom is 0.138 e. The van der Waals surface area contributed by atoms with E-state index in [1.54, 1.807) is 17.5 Å². The summed E-state index contributed by atoms with van der Waals surface area (Å²) in [6.07, 6.45) is 4.80. The Kier molecular flexibility index (Phi) is 9.99. The molecule has 0 unspecified atom stereocenters. The molecule has 0 bridgehead atoms. The molecule has 0 fully saturated rings. The number of aryl methyl sites for hydroxylation is 3. The molecular weight excluding hydrogens is 797 g/mol. The van der Waals surface area contributed by atoms with Gasteiger partial charge >= 0.3 is 0 Å². The van der Waals surface area contributed by atoms with Gasteiger partial charge in [0, 0.05) is 48.3 Å². The number of benzene rings is 4. The van der Waals surface area contributed by atoms with Crippen molar-refractivity contribution in [2.45, 2.75) is 48.0 Å². The van der Waals surface area contributed by atoms with E-state index in [-0.39, 0.29) is 25.5 Å². The average molecular weight is 835 g/mol. The van der Waals surface area contributed by atoms with Crippen molar-refractivity contribution in [2.75, 3.05) is 0 Å². The van der Waals surface area contributed by atoms with Gasteiger partial charge in [-0.2, -0.15) is 0 Å². The second-order valence-electron chi connectivity index (χ2n) is 13.6. The van der Waals surface area contributed by atoms with Crippen molar-refractivity contribution < 1.29 is 24.5 Å². The SMILES string of the molecule is Cc1cc2ccc3c4cc[c-]c(-c5cc(CC(C)(C)C)c(-c6c(C)cccc6C)cn5)c4oc3c2s1.[Ir].[c-]1ccccc1-c1ccccn1. The van der Waals surface area contributed by atoms with Crippen LogP contribution in [0.15, 0.2) is 114 Å². The topological polar surface area (TPSA) is 38.9 Å². The van der Waals surface area contributed by atoms with Crippen LogP contribution in [0.25, 0.3) is 65.7 Å². The minimum Gasteiger partial charge on any atom is -0.499 e. The van der Waals surface area contributed by atoms with E-state index in [9.17, 15) is 0 Å². The molecule has 8 rings (SSSR count). The fourth-order valence-electron chi connectivity index (χ4n) is 6.50. The Labute approximate surface area is 306 Å². The van der Waals surface area contributed by atoms with Gasteiger partial charge in [-0.1, -0.05) is 80.3 Å². The van der Waals surface area contributed by atoms with Crippen molar-refractivity contribution in [1.82, 2.24) is 9.97 Å². The average Bonchev–Trinajstić information content (AvgIpc) is 3.65. The van der Waals surface area contributed by atoms with Crippen LogP contribution in [-0.2, 0) is 26.5 Å². The first-order valence-corrected chi connectivity index (χ1v) is 17.2. The van der Waals surface area contributed by atoms with Gasteiger partial charge in [0.2, 0.25) is 0 Å². The van der Waals surface area contributed by atoms with E-state index >= 15 is 0 Å². The number of hydrogen-bond donors (Lipinski definition) is 0. The molecular formula is C44H38IrN2OS-2. The third-order valence-electron chi connectivity index (χ3n) is 8.57. The zero-order chi connectivity index (χ0) is 33.4. The van der Waals surface area contributed by atoms with Crippen LogP contribution < -0.4 is 0 Å². The van der Waals surface area contributed by atoms with E-state index in [1.165, 1.54) is 42.8 Å². The number of furan rings is 1. The molecule has 0 spiro atoms. The van der Waals surface area contributed by atoms with Gasteiger partial charge in [0.25, 0.3) is 0 Å². The zero-order valence-electron chi connectivity index (χ0n) is 28.6. The summed E-state index contributed by atoms with van der Waals surface area (Å²) in [6.45, 7) is 13.4. The summed E-state index contributed by atoms with van der Waals surface area (Å²) in [4.78, 5) is 10.5. The maximum absolute atomic E-state index is 6.60. The Bertz CT molecular complexity index is 2330. The minimum absolute atomic E-state index is 0. The maximum atomic E-state index is 6.60. The fraction of sp³-hybridized carbons (Fsp3) is 0.182. The number of hydrogen-bond acceptors (Lipinski definition) is 4. The van der Waals surface area contributed by atoms with Crippen LogP contribution in [0.5, 0.6) is 0 Å². The van der Waals surface area contributed by atoms with Crippen molar-refractivity contribution in [3.05, 3.63) is 143 Å². The van der Waals surface area contributed by atoms with Gasteiger partial charge in [-0.15, -0.1) is 65.4 Å². The molecule has 0 aliphatic carbocycles. The Hall–Kier alpha value is -4.41. The molecule has 8 aromatic rings. The zero-order valence-corrected chi connectivity index (χ0v) is 31.9.